The van der Waals surface area contributed by atoms with E-state index >= 15 is 0 Å². The fourth-order valence-electron chi connectivity index (χ4n) is 2.53. The number of nitrogens with zero attached hydrogens (tertiary/aromatic N) is 3. The average molecular weight is 265 g/mol. The van der Waals surface area contributed by atoms with Crippen molar-refractivity contribution in [2.75, 3.05) is 5.75 Å². The molecular formula is C12H15N3O2S. The van der Waals surface area contributed by atoms with Gasteiger partial charge in [-0.15, -0.1) is 10.2 Å². The van der Waals surface area contributed by atoms with Crippen LogP contribution >= 0.6 is 0 Å². The van der Waals surface area contributed by atoms with Crippen LogP contribution in [0.15, 0.2) is 18.3 Å². The molecule has 0 spiro atoms. The minimum Gasteiger partial charge on any atom is -0.285 e. The van der Waals surface area contributed by atoms with E-state index in [2.05, 4.69) is 10.2 Å². The second kappa shape index (κ2) is 4.05. The van der Waals surface area contributed by atoms with E-state index in [1.54, 1.807) is 0 Å². The molecule has 0 aliphatic carbocycles. The van der Waals surface area contributed by atoms with E-state index in [-0.39, 0.29) is 5.75 Å². The lowest BCUT2D eigenvalue weighted by molar-refractivity contribution is 0.537. The van der Waals surface area contributed by atoms with Crippen molar-refractivity contribution < 1.29 is 8.42 Å². The first kappa shape index (κ1) is 11.6. The molecule has 1 fully saturated rings. The number of fused-ring (bicyclic) bond motifs is 1. The average Bonchev–Trinajstić information content (AvgIpc) is 2.74. The van der Waals surface area contributed by atoms with Crippen molar-refractivity contribution >= 4 is 15.5 Å². The first-order chi connectivity index (χ1) is 8.59. The quantitative estimate of drug-likeness (QED) is 0.787. The number of aromatic nitrogens is 3. The Bertz CT molecular complexity index is 690. The van der Waals surface area contributed by atoms with E-state index in [0.717, 1.165) is 24.1 Å². The monoisotopic (exact) mass is 265 g/mol. The van der Waals surface area contributed by atoms with E-state index in [9.17, 15) is 8.42 Å². The SMILES string of the molecule is Cc1cccn2c(C3CCCCS3(=O)=O)nnc12. The Balaban J connectivity index is 2.17. The Kier molecular flexibility index (Phi) is 2.62. The molecule has 1 atom stereocenters. The summed E-state index contributed by atoms with van der Waals surface area (Å²) in [5.41, 5.74) is 1.75. The Morgan fingerprint density at radius 2 is 2.17 bits per heavy atom. The van der Waals surface area contributed by atoms with E-state index < -0.39 is 15.1 Å². The molecular weight excluding hydrogens is 250 g/mol. The summed E-state index contributed by atoms with van der Waals surface area (Å²) in [5, 5.41) is 7.72. The number of hydrogen-bond acceptors (Lipinski definition) is 4. The van der Waals surface area contributed by atoms with Gasteiger partial charge in [-0.1, -0.05) is 12.5 Å². The predicted molar refractivity (Wildman–Crippen MR) is 68.1 cm³/mol. The van der Waals surface area contributed by atoms with Gasteiger partial charge in [-0.3, -0.25) is 4.40 Å². The Labute approximate surface area is 106 Å². The minimum absolute atomic E-state index is 0.262. The first-order valence-electron chi connectivity index (χ1n) is 6.11. The van der Waals surface area contributed by atoms with Crippen LogP contribution in [-0.2, 0) is 9.84 Å². The maximum atomic E-state index is 12.1. The zero-order chi connectivity index (χ0) is 12.8. The van der Waals surface area contributed by atoms with E-state index in [4.69, 9.17) is 0 Å². The molecule has 1 unspecified atom stereocenters. The van der Waals surface area contributed by atoms with Gasteiger partial charge in [-0.25, -0.2) is 8.42 Å². The van der Waals surface area contributed by atoms with Crippen LogP contribution in [0, 0.1) is 6.92 Å². The van der Waals surface area contributed by atoms with Crippen molar-refractivity contribution in [2.24, 2.45) is 0 Å². The zero-order valence-corrected chi connectivity index (χ0v) is 11.0. The summed E-state index contributed by atoms with van der Waals surface area (Å²) in [4.78, 5) is 0. The summed E-state index contributed by atoms with van der Waals surface area (Å²) < 4.78 is 26.1. The van der Waals surface area contributed by atoms with Gasteiger partial charge in [0.15, 0.2) is 21.3 Å². The summed E-state index contributed by atoms with van der Waals surface area (Å²) in [6, 6.07) is 3.84. The zero-order valence-electron chi connectivity index (χ0n) is 10.2. The molecule has 1 aliphatic heterocycles. The van der Waals surface area contributed by atoms with Crippen molar-refractivity contribution in [1.29, 1.82) is 0 Å². The molecule has 0 aromatic carbocycles. The van der Waals surface area contributed by atoms with Crippen LogP contribution < -0.4 is 0 Å². The molecule has 1 saturated heterocycles. The predicted octanol–water partition coefficient (Wildman–Crippen LogP) is 1.68. The molecule has 5 nitrogen and oxygen atoms in total. The molecule has 18 heavy (non-hydrogen) atoms. The number of sulfone groups is 1. The van der Waals surface area contributed by atoms with Crippen LogP contribution in [-0.4, -0.2) is 28.8 Å². The van der Waals surface area contributed by atoms with E-state index in [1.165, 1.54) is 0 Å². The maximum Gasteiger partial charge on any atom is 0.163 e. The molecule has 96 valence electrons. The highest BCUT2D eigenvalue weighted by Gasteiger charge is 2.33. The topological polar surface area (TPSA) is 64.3 Å². The summed E-state index contributed by atoms with van der Waals surface area (Å²) in [6.07, 6.45) is 4.18. The molecule has 0 saturated carbocycles. The fourth-order valence-corrected chi connectivity index (χ4v) is 4.43. The normalized spacial score (nSPS) is 23.3. The summed E-state index contributed by atoms with van der Waals surface area (Å²) >= 11 is 0. The van der Waals surface area contributed by atoms with Gasteiger partial charge in [0, 0.05) is 6.20 Å². The van der Waals surface area contributed by atoms with Crippen LogP contribution in [0.1, 0.15) is 35.9 Å². The van der Waals surface area contributed by atoms with E-state index in [0.29, 0.717) is 12.2 Å². The minimum atomic E-state index is -3.07. The highest BCUT2D eigenvalue weighted by atomic mass is 32.2. The lowest BCUT2D eigenvalue weighted by atomic mass is 10.2. The molecule has 2 aromatic heterocycles. The van der Waals surface area contributed by atoms with Crippen LogP contribution in [0.3, 0.4) is 0 Å². The van der Waals surface area contributed by atoms with Gasteiger partial charge in [-0.05, 0) is 31.4 Å². The molecule has 0 radical (unpaired) electrons. The second-order valence-corrected chi connectivity index (χ2v) is 7.10. The lowest BCUT2D eigenvalue weighted by Gasteiger charge is -2.20. The molecule has 0 N–H and O–H groups in total. The van der Waals surface area contributed by atoms with Gasteiger partial charge in [0.1, 0.15) is 5.25 Å². The molecule has 6 heteroatoms. The van der Waals surface area contributed by atoms with Gasteiger partial charge in [0.2, 0.25) is 0 Å². The van der Waals surface area contributed by atoms with Crippen molar-refractivity contribution in [1.82, 2.24) is 14.6 Å². The highest BCUT2D eigenvalue weighted by molar-refractivity contribution is 7.91. The van der Waals surface area contributed by atoms with Crippen molar-refractivity contribution in [2.45, 2.75) is 31.4 Å². The second-order valence-electron chi connectivity index (χ2n) is 4.79. The number of rotatable bonds is 1. The number of aryl methyl sites for hydroxylation is 1. The fraction of sp³-hybridized carbons (Fsp3) is 0.500. The molecule has 3 rings (SSSR count). The third kappa shape index (κ3) is 1.71. The van der Waals surface area contributed by atoms with Crippen LogP contribution in [0.25, 0.3) is 5.65 Å². The van der Waals surface area contributed by atoms with E-state index in [1.807, 2.05) is 29.7 Å². The molecule has 0 bridgehead atoms. The molecule has 1 aliphatic rings. The van der Waals surface area contributed by atoms with Crippen molar-refractivity contribution in [3.05, 3.63) is 29.7 Å². The van der Waals surface area contributed by atoms with Crippen molar-refractivity contribution in [3.8, 4) is 0 Å². The largest absolute Gasteiger partial charge is 0.285 e. The number of hydrogen-bond donors (Lipinski definition) is 0. The highest BCUT2D eigenvalue weighted by Crippen LogP contribution is 2.32. The standard InChI is InChI=1S/C12H15N3O2S/c1-9-5-4-7-15-11(9)13-14-12(15)10-6-2-3-8-18(10,16)17/h4-5,7,10H,2-3,6,8H2,1H3. The first-order valence-corrected chi connectivity index (χ1v) is 7.83. The van der Waals surface area contributed by atoms with Crippen LogP contribution in [0.2, 0.25) is 0 Å². The lowest BCUT2D eigenvalue weighted by Crippen LogP contribution is -2.23. The molecule has 2 aromatic rings. The van der Waals surface area contributed by atoms with Gasteiger partial charge in [-0.2, -0.15) is 0 Å². The van der Waals surface area contributed by atoms with Gasteiger partial charge in [0.25, 0.3) is 0 Å². The Morgan fingerprint density at radius 3 is 2.94 bits per heavy atom. The third-order valence-electron chi connectivity index (χ3n) is 3.52. The van der Waals surface area contributed by atoms with Gasteiger partial charge < -0.3 is 0 Å². The third-order valence-corrected chi connectivity index (χ3v) is 5.69. The van der Waals surface area contributed by atoms with Gasteiger partial charge >= 0.3 is 0 Å². The van der Waals surface area contributed by atoms with Crippen LogP contribution in [0.4, 0.5) is 0 Å². The van der Waals surface area contributed by atoms with Crippen LogP contribution in [0.5, 0.6) is 0 Å². The van der Waals surface area contributed by atoms with Crippen molar-refractivity contribution in [3.63, 3.8) is 0 Å². The molecule has 0 amide bonds. The Hall–Kier alpha value is -1.43. The smallest absolute Gasteiger partial charge is 0.163 e. The Morgan fingerprint density at radius 1 is 1.33 bits per heavy atom. The summed E-state index contributed by atoms with van der Waals surface area (Å²) in [7, 11) is -3.07. The summed E-state index contributed by atoms with van der Waals surface area (Å²) in [5.74, 6) is 0.826. The maximum absolute atomic E-state index is 12.1. The van der Waals surface area contributed by atoms with Gasteiger partial charge in [0.05, 0.1) is 5.75 Å². The number of pyridine rings is 1. The molecule has 3 heterocycles. The summed E-state index contributed by atoms with van der Waals surface area (Å²) in [6.45, 7) is 1.95.